The minimum absolute atomic E-state index is 0.00433. The van der Waals surface area contributed by atoms with Crippen LogP contribution in [-0.2, 0) is 14.4 Å². The zero-order valence-corrected chi connectivity index (χ0v) is 15.7. The van der Waals surface area contributed by atoms with Crippen LogP contribution in [0.25, 0.3) is 0 Å². The summed E-state index contributed by atoms with van der Waals surface area (Å²) >= 11 is 0. The first-order valence-electron chi connectivity index (χ1n) is 8.08. The van der Waals surface area contributed by atoms with Gasteiger partial charge in [-0.05, 0) is 19.3 Å². The molecule has 0 aliphatic heterocycles. The summed E-state index contributed by atoms with van der Waals surface area (Å²) in [5, 5.41) is 8.27. The van der Waals surface area contributed by atoms with E-state index in [0.717, 1.165) is 32.2 Å². The van der Waals surface area contributed by atoms with Crippen LogP contribution in [0.3, 0.4) is 0 Å². The van der Waals surface area contributed by atoms with E-state index in [1.165, 1.54) is 21.6 Å². The summed E-state index contributed by atoms with van der Waals surface area (Å²) in [6, 6.07) is 0. The highest BCUT2D eigenvalue weighted by Crippen LogP contribution is 2.21. The number of amides is 3. The average Bonchev–Trinajstić information content (AvgIpc) is 2.55. The van der Waals surface area contributed by atoms with Gasteiger partial charge in [0.25, 0.3) is 0 Å². The highest BCUT2D eigenvalue weighted by Gasteiger charge is 2.03. The Labute approximate surface area is 147 Å². The van der Waals surface area contributed by atoms with Gasteiger partial charge >= 0.3 is 0 Å². The lowest BCUT2D eigenvalue weighted by Gasteiger charge is -2.06. The number of rotatable bonds is 14. The molecule has 6 nitrogen and oxygen atoms in total. The van der Waals surface area contributed by atoms with E-state index in [9.17, 15) is 14.4 Å². The molecule has 0 radical (unpaired) electrons. The standard InChI is InChI=1S/C15H29N3O3S2/c1-3-9-17-13(19)7-5-4-6-10-18-14(20)8-11-22-23-12-15(21)16-2/h3-12H2,1-2H3,(H,16,21)(H,17,19)(H,18,20). The summed E-state index contributed by atoms with van der Waals surface area (Å²) in [4.78, 5) is 33.9. The Morgan fingerprint density at radius 3 is 2.22 bits per heavy atom. The maximum Gasteiger partial charge on any atom is 0.230 e. The van der Waals surface area contributed by atoms with Gasteiger partial charge in [0.2, 0.25) is 17.7 Å². The van der Waals surface area contributed by atoms with E-state index in [2.05, 4.69) is 16.0 Å². The van der Waals surface area contributed by atoms with Gasteiger partial charge in [-0.3, -0.25) is 14.4 Å². The molecule has 0 atom stereocenters. The Bertz CT molecular complexity index is 355. The summed E-state index contributed by atoms with van der Waals surface area (Å²) in [5.74, 6) is 1.26. The van der Waals surface area contributed by atoms with E-state index in [-0.39, 0.29) is 17.7 Å². The second kappa shape index (κ2) is 16.0. The maximum atomic E-state index is 11.6. The fraction of sp³-hybridized carbons (Fsp3) is 0.800. The number of hydrogen-bond acceptors (Lipinski definition) is 5. The highest BCUT2D eigenvalue weighted by molar-refractivity contribution is 8.76. The van der Waals surface area contributed by atoms with Crippen LogP contribution in [0, 0.1) is 0 Å². The van der Waals surface area contributed by atoms with Crippen molar-refractivity contribution in [2.45, 2.75) is 45.4 Å². The Balaban J connectivity index is 3.33. The minimum Gasteiger partial charge on any atom is -0.358 e. The number of hydrogen-bond donors (Lipinski definition) is 3. The molecule has 0 aliphatic carbocycles. The summed E-state index contributed by atoms with van der Waals surface area (Å²) in [7, 11) is 4.60. The molecule has 0 aromatic rings. The van der Waals surface area contributed by atoms with Crippen LogP contribution in [-0.4, -0.2) is 49.4 Å². The molecular weight excluding hydrogens is 334 g/mol. The zero-order valence-electron chi connectivity index (χ0n) is 14.1. The van der Waals surface area contributed by atoms with Crippen molar-refractivity contribution in [1.82, 2.24) is 16.0 Å². The monoisotopic (exact) mass is 363 g/mol. The van der Waals surface area contributed by atoms with Crippen LogP contribution >= 0.6 is 21.6 Å². The van der Waals surface area contributed by atoms with Crippen LogP contribution in [0.15, 0.2) is 0 Å². The fourth-order valence-corrected chi connectivity index (χ4v) is 3.51. The van der Waals surface area contributed by atoms with Gasteiger partial charge in [0.15, 0.2) is 0 Å². The van der Waals surface area contributed by atoms with Gasteiger partial charge < -0.3 is 16.0 Å². The molecule has 3 N–H and O–H groups in total. The quantitative estimate of drug-likeness (QED) is 0.323. The van der Waals surface area contributed by atoms with Crippen molar-refractivity contribution in [2.75, 3.05) is 31.6 Å². The van der Waals surface area contributed by atoms with Crippen molar-refractivity contribution >= 4 is 39.3 Å². The number of carbonyl (C=O) groups excluding carboxylic acids is 3. The molecule has 8 heteroatoms. The van der Waals surface area contributed by atoms with Gasteiger partial charge in [-0.1, -0.05) is 34.9 Å². The van der Waals surface area contributed by atoms with E-state index in [1.807, 2.05) is 6.92 Å². The molecule has 0 saturated carbocycles. The molecule has 0 saturated heterocycles. The third kappa shape index (κ3) is 15.8. The van der Waals surface area contributed by atoms with Gasteiger partial charge in [0.05, 0.1) is 5.75 Å². The Hall–Kier alpha value is -0.890. The van der Waals surface area contributed by atoms with Crippen LogP contribution in [0.4, 0.5) is 0 Å². The van der Waals surface area contributed by atoms with Gasteiger partial charge in [-0.15, -0.1) is 0 Å². The molecule has 0 spiro atoms. The van der Waals surface area contributed by atoms with Gasteiger partial charge in [-0.25, -0.2) is 0 Å². The second-order valence-electron chi connectivity index (χ2n) is 5.02. The Morgan fingerprint density at radius 2 is 1.52 bits per heavy atom. The molecule has 0 unspecified atom stereocenters. The first-order chi connectivity index (χ1) is 11.1. The minimum atomic E-state index is -0.00433. The van der Waals surface area contributed by atoms with E-state index in [0.29, 0.717) is 30.9 Å². The lowest BCUT2D eigenvalue weighted by Crippen LogP contribution is -2.25. The maximum absolute atomic E-state index is 11.6. The first kappa shape index (κ1) is 22.1. The summed E-state index contributed by atoms with van der Waals surface area (Å²) in [5.41, 5.74) is 0. The van der Waals surface area contributed by atoms with Crippen LogP contribution in [0.5, 0.6) is 0 Å². The van der Waals surface area contributed by atoms with E-state index >= 15 is 0 Å². The third-order valence-corrected chi connectivity index (χ3v) is 5.21. The van der Waals surface area contributed by atoms with Gasteiger partial charge in [0, 0.05) is 38.7 Å². The third-order valence-electron chi connectivity index (χ3n) is 2.94. The van der Waals surface area contributed by atoms with E-state index < -0.39 is 0 Å². The topological polar surface area (TPSA) is 87.3 Å². The number of unbranched alkanes of at least 4 members (excludes halogenated alkanes) is 2. The van der Waals surface area contributed by atoms with Gasteiger partial charge in [0.1, 0.15) is 0 Å². The van der Waals surface area contributed by atoms with Gasteiger partial charge in [-0.2, -0.15) is 0 Å². The highest BCUT2D eigenvalue weighted by atomic mass is 33.1. The molecule has 134 valence electrons. The van der Waals surface area contributed by atoms with Crippen LogP contribution in [0.2, 0.25) is 0 Å². The average molecular weight is 364 g/mol. The van der Waals surface area contributed by atoms with Crippen molar-refractivity contribution in [3.05, 3.63) is 0 Å². The first-order valence-corrected chi connectivity index (χ1v) is 10.6. The van der Waals surface area contributed by atoms with Crippen molar-refractivity contribution < 1.29 is 14.4 Å². The predicted molar refractivity (Wildman–Crippen MR) is 98.4 cm³/mol. The number of nitrogens with one attached hydrogen (secondary N) is 3. The molecule has 0 bridgehead atoms. The van der Waals surface area contributed by atoms with Crippen LogP contribution in [0.1, 0.15) is 45.4 Å². The van der Waals surface area contributed by atoms with Crippen LogP contribution < -0.4 is 16.0 Å². The van der Waals surface area contributed by atoms with Crippen molar-refractivity contribution in [2.24, 2.45) is 0 Å². The summed E-state index contributed by atoms with van der Waals surface area (Å²) < 4.78 is 0. The van der Waals surface area contributed by atoms with E-state index in [4.69, 9.17) is 0 Å². The lowest BCUT2D eigenvalue weighted by molar-refractivity contribution is -0.122. The smallest absolute Gasteiger partial charge is 0.230 e. The molecular formula is C15H29N3O3S2. The summed E-state index contributed by atoms with van der Waals surface area (Å²) in [6.07, 6.45) is 4.68. The molecule has 23 heavy (non-hydrogen) atoms. The summed E-state index contributed by atoms with van der Waals surface area (Å²) in [6.45, 7) is 3.43. The second-order valence-corrected chi connectivity index (χ2v) is 7.60. The Morgan fingerprint density at radius 1 is 0.826 bits per heavy atom. The predicted octanol–water partition coefficient (Wildman–Crippen LogP) is 1.71. The van der Waals surface area contributed by atoms with Crippen molar-refractivity contribution in [1.29, 1.82) is 0 Å². The number of carbonyl (C=O) groups is 3. The molecule has 0 aromatic heterocycles. The molecule has 0 aromatic carbocycles. The fourth-order valence-electron chi connectivity index (χ4n) is 1.62. The molecule has 3 amide bonds. The molecule has 0 fully saturated rings. The Kier molecular flexibility index (Phi) is 15.4. The largest absolute Gasteiger partial charge is 0.358 e. The molecule has 0 aliphatic rings. The molecule has 0 heterocycles. The van der Waals surface area contributed by atoms with Crippen molar-refractivity contribution in [3.63, 3.8) is 0 Å². The lowest BCUT2D eigenvalue weighted by atomic mass is 10.2. The van der Waals surface area contributed by atoms with Crippen molar-refractivity contribution in [3.8, 4) is 0 Å². The van der Waals surface area contributed by atoms with E-state index in [1.54, 1.807) is 7.05 Å². The SMILES string of the molecule is CCCNC(=O)CCCCCNC(=O)CCSSCC(=O)NC. The molecule has 0 rings (SSSR count). The zero-order chi connectivity index (χ0) is 17.3. The normalized spacial score (nSPS) is 10.2.